The monoisotopic (exact) mass is 316 g/mol. The van der Waals surface area contributed by atoms with Crippen LogP contribution in [0.4, 0.5) is 4.79 Å². The quantitative estimate of drug-likeness (QED) is 0.811. The molecule has 6 nitrogen and oxygen atoms in total. The minimum Gasteiger partial charge on any atom is -0.444 e. The zero-order chi connectivity index (χ0) is 16.6. The van der Waals surface area contributed by atoms with Gasteiger partial charge in [-0.2, -0.15) is 5.10 Å². The van der Waals surface area contributed by atoms with Crippen LogP contribution in [0.2, 0.25) is 0 Å². The van der Waals surface area contributed by atoms with Crippen LogP contribution in [0, 0.1) is 6.92 Å². The molecule has 0 bridgehead atoms. The number of carbonyl (C=O) groups excluding carboxylic acids is 1. The molecule has 0 saturated carbocycles. The van der Waals surface area contributed by atoms with Crippen LogP contribution >= 0.6 is 0 Å². The van der Waals surface area contributed by atoms with Crippen molar-refractivity contribution in [1.29, 1.82) is 0 Å². The Morgan fingerprint density at radius 3 is 2.65 bits per heavy atom. The van der Waals surface area contributed by atoms with E-state index in [0.29, 0.717) is 19.0 Å². The normalized spacial score (nSPS) is 16.8. The highest BCUT2D eigenvalue weighted by molar-refractivity contribution is 5.68. The third-order valence-electron chi connectivity index (χ3n) is 4.12. The first-order valence-corrected chi connectivity index (χ1v) is 8.13. The number of aryl methyl sites for hydroxylation is 1. The third kappa shape index (κ3) is 3.46. The minimum absolute atomic E-state index is 0.216. The van der Waals surface area contributed by atoms with Gasteiger partial charge in [0, 0.05) is 36.5 Å². The van der Waals surface area contributed by atoms with E-state index >= 15 is 0 Å². The van der Waals surface area contributed by atoms with E-state index in [9.17, 15) is 4.79 Å². The van der Waals surface area contributed by atoms with Crippen molar-refractivity contribution in [3.8, 4) is 0 Å². The Morgan fingerprint density at radius 2 is 2.00 bits per heavy atom. The summed E-state index contributed by atoms with van der Waals surface area (Å²) >= 11 is 0. The lowest BCUT2D eigenvalue weighted by atomic mass is 9.93. The summed E-state index contributed by atoms with van der Waals surface area (Å²) in [6.45, 7) is 9.15. The number of likely N-dealkylation sites (tertiary alicyclic amines) is 1. The van der Waals surface area contributed by atoms with E-state index in [1.165, 1.54) is 0 Å². The second-order valence-corrected chi connectivity index (χ2v) is 7.17. The molecule has 0 atom stereocenters. The molecule has 0 unspecified atom stereocenters. The molecule has 2 aromatic heterocycles. The van der Waals surface area contributed by atoms with Crippen molar-refractivity contribution in [1.82, 2.24) is 19.5 Å². The number of carbonyl (C=O) groups is 1. The van der Waals surface area contributed by atoms with Gasteiger partial charge >= 0.3 is 6.09 Å². The van der Waals surface area contributed by atoms with Gasteiger partial charge in [0.1, 0.15) is 5.60 Å². The molecular weight excluding hydrogens is 292 g/mol. The minimum atomic E-state index is -0.445. The van der Waals surface area contributed by atoms with Gasteiger partial charge in [-0.25, -0.2) is 14.3 Å². The van der Waals surface area contributed by atoms with E-state index in [1.807, 2.05) is 38.3 Å². The first-order valence-electron chi connectivity index (χ1n) is 8.13. The molecule has 0 aromatic carbocycles. The molecule has 0 spiro atoms. The van der Waals surface area contributed by atoms with E-state index in [2.05, 4.69) is 11.2 Å². The Balaban J connectivity index is 1.67. The van der Waals surface area contributed by atoms with Crippen molar-refractivity contribution < 1.29 is 9.53 Å². The van der Waals surface area contributed by atoms with E-state index < -0.39 is 5.60 Å². The number of amides is 1. The molecule has 1 aliphatic rings. The molecule has 2 aromatic rings. The molecule has 3 heterocycles. The maximum absolute atomic E-state index is 12.1. The Labute approximate surface area is 136 Å². The molecule has 3 rings (SSSR count). The van der Waals surface area contributed by atoms with Crippen molar-refractivity contribution in [3.63, 3.8) is 0 Å². The van der Waals surface area contributed by atoms with Crippen LogP contribution in [-0.2, 0) is 4.74 Å². The summed E-state index contributed by atoms with van der Waals surface area (Å²) in [5, 5.41) is 4.26. The lowest BCUT2D eigenvalue weighted by Crippen LogP contribution is -2.41. The molecule has 0 radical (unpaired) electrons. The van der Waals surface area contributed by atoms with Crippen LogP contribution in [0.25, 0.3) is 5.65 Å². The first-order chi connectivity index (χ1) is 10.8. The van der Waals surface area contributed by atoms with Crippen molar-refractivity contribution in [2.24, 2.45) is 0 Å². The second kappa shape index (κ2) is 5.83. The highest BCUT2D eigenvalue weighted by Crippen LogP contribution is 2.28. The number of aromatic nitrogens is 3. The Morgan fingerprint density at radius 1 is 1.30 bits per heavy atom. The number of nitrogens with zero attached hydrogens (tertiary/aromatic N) is 4. The standard InChI is InChI=1S/C17H24N4O2/c1-12-11-14(19-15-5-8-18-21(12)15)13-6-9-20(10-7-13)16(22)23-17(2,3)4/h5,8,11,13H,6-7,9-10H2,1-4H3. The fourth-order valence-electron chi connectivity index (χ4n) is 2.99. The number of piperidine rings is 1. The highest BCUT2D eigenvalue weighted by Gasteiger charge is 2.28. The van der Waals surface area contributed by atoms with Crippen LogP contribution in [-0.4, -0.2) is 44.3 Å². The number of fused-ring (bicyclic) bond motifs is 1. The van der Waals surface area contributed by atoms with Gasteiger partial charge in [0.25, 0.3) is 0 Å². The van der Waals surface area contributed by atoms with Gasteiger partial charge < -0.3 is 9.64 Å². The summed E-state index contributed by atoms with van der Waals surface area (Å²) in [5.41, 5.74) is 2.62. The van der Waals surface area contributed by atoms with Crippen LogP contribution in [0.3, 0.4) is 0 Å². The lowest BCUT2D eigenvalue weighted by Gasteiger charge is -2.33. The molecule has 0 aliphatic carbocycles. The summed E-state index contributed by atoms with van der Waals surface area (Å²) in [4.78, 5) is 18.6. The van der Waals surface area contributed by atoms with Gasteiger partial charge in [-0.05, 0) is 46.6 Å². The van der Waals surface area contributed by atoms with Crippen molar-refractivity contribution in [2.45, 2.75) is 52.1 Å². The zero-order valence-corrected chi connectivity index (χ0v) is 14.2. The van der Waals surface area contributed by atoms with Gasteiger partial charge in [0.2, 0.25) is 0 Å². The number of rotatable bonds is 1. The molecule has 1 saturated heterocycles. The molecule has 0 N–H and O–H groups in total. The van der Waals surface area contributed by atoms with E-state index in [4.69, 9.17) is 9.72 Å². The molecule has 23 heavy (non-hydrogen) atoms. The predicted octanol–water partition coefficient (Wildman–Crippen LogP) is 3.15. The van der Waals surface area contributed by atoms with Crippen LogP contribution in [0.5, 0.6) is 0 Å². The molecule has 6 heteroatoms. The Kier molecular flexibility index (Phi) is 4.00. The van der Waals surface area contributed by atoms with Gasteiger partial charge in [-0.15, -0.1) is 0 Å². The van der Waals surface area contributed by atoms with Crippen LogP contribution in [0.15, 0.2) is 18.3 Å². The maximum Gasteiger partial charge on any atom is 0.410 e. The number of ether oxygens (including phenoxy) is 1. The van der Waals surface area contributed by atoms with Crippen molar-refractivity contribution >= 4 is 11.7 Å². The zero-order valence-electron chi connectivity index (χ0n) is 14.2. The molecule has 1 amide bonds. The lowest BCUT2D eigenvalue weighted by molar-refractivity contribution is 0.0204. The average Bonchev–Trinajstić information content (AvgIpc) is 2.94. The SMILES string of the molecule is Cc1cc(C2CCN(C(=O)OC(C)(C)C)CC2)nc2ccnn12. The summed E-state index contributed by atoms with van der Waals surface area (Å²) in [5.74, 6) is 0.382. The van der Waals surface area contributed by atoms with Gasteiger partial charge in [-0.3, -0.25) is 0 Å². The fraction of sp³-hybridized carbons (Fsp3) is 0.588. The van der Waals surface area contributed by atoms with Gasteiger partial charge in [0.15, 0.2) is 5.65 Å². The molecule has 1 aliphatic heterocycles. The van der Waals surface area contributed by atoms with E-state index in [-0.39, 0.29) is 6.09 Å². The van der Waals surface area contributed by atoms with E-state index in [0.717, 1.165) is 29.9 Å². The Hall–Kier alpha value is -2.11. The van der Waals surface area contributed by atoms with Crippen LogP contribution in [0.1, 0.15) is 50.9 Å². The fourth-order valence-corrected chi connectivity index (χ4v) is 2.99. The van der Waals surface area contributed by atoms with Crippen molar-refractivity contribution in [3.05, 3.63) is 29.7 Å². The summed E-state index contributed by atoms with van der Waals surface area (Å²) in [6.07, 6.45) is 3.38. The van der Waals surface area contributed by atoms with Gasteiger partial charge in [0.05, 0.1) is 6.20 Å². The van der Waals surface area contributed by atoms with E-state index in [1.54, 1.807) is 11.1 Å². The smallest absolute Gasteiger partial charge is 0.410 e. The average molecular weight is 316 g/mol. The summed E-state index contributed by atoms with van der Waals surface area (Å²) in [7, 11) is 0. The summed E-state index contributed by atoms with van der Waals surface area (Å²) in [6, 6.07) is 4.03. The second-order valence-electron chi connectivity index (χ2n) is 7.17. The van der Waals surface area contributed by atoms with Gasteiger partial charge in [-0.1, -0.05) is 0 Å². The topological polar surface area (TPSA) is 59.7 Å². The highest BCUT2D eigenvalue weighted by atomic mass is 16.6. The van der Waals surface area contributed by atoms with Crippen molar-refractivity contribution in [2.75, 3.05) is 13.1 Å². The predicted molar refractivity (Wildman–Crippen MR) is 87.5 cm³/mol. The number of hydrogen-bond donors (Lipinski definition) is 0. The maximum atomic E-state index is 12.1. The first kappa shape index (κ1) is 15.8. The molecule has 1 fully saturated rings. The Bertz CT molecular complexity index is 709. The van der Waals surface area contributed by atoms with Crippen LogP contribution < -0.4 is 0 Å². The molecular formula is C17H24N4O2. The largest absolute Gasteiger partial charge is 0.444 e. The third-order valence-corrected chi connectivity index (χ3v) is 4.12. The summed E-state index contributed by atoms with van der Waals surface area (Å²) < 4.78 is 7.29. The molecule has 124 valence electrons. The number of hydrogen-bond acceptors (Lipinski definition) is 4.